The number of carbonyl (C=O) groups excluding carboxylic acids is 1. The molecule has 0 bridgehead atoms. The van der Waals surface area contributed by atoms with Gasteiger partial charge in [-0.3, -0.25) is 9.36 Å². The number of nitrogens with zero attached hydrogens (tertiary/aromatic N) is 4. The van der Waals surface area contributed by atoms with Crippen LogP contribution in [0.15, 0.2) is 65.5 Å². The molecular weight excluding hydrogens is 496 g/mol. The van der Waals surface area contributed by atoms with Crippen LogP contribution in [0.2, 0.25) is 5.02 Å². The number of hydrogen-bond acceptors (Lipinski definition) is 8. The molecule has 4 aromatic rings. The fourth-order valence-corrected chi connectivity index (χ4v) is 3.26. The molecule has 9 nitrogen and oxygen atoms in total. The number of benzene rings is 2. The molecule has 0 fully saturated rings. The van der Waals surface area contributed by atoms with Gasteiger partial charge in [0.15, 0.2) is 0 Å². The van der Waals surface area contributed by atoms with Gasteiger partial charge in [0.1, 0.15) is 11.5 Å². The Bertz CT molecular complexity index is 1430. The number of aromatic nitrogens is 4. The molecule has 0 unspecified atom stereocenters. The van der Waals surface area contributed by atoms with Crippen molar-refractivity contribution in [3.63, 3.8) is 0 Å². The largest absolute Gasteiger partial charge is 0.461 e. The molecule has 0 radical (unpaired) electrons. The highest BCUT2D eigenvalue weighted by Crippen LogP contribution is 2.25. The molecule has 0 spiro atoms. The number of hydrogen-bond donors (Lipinski definition) is 1. The van der Waals surface area contributed by atoms with Gasteiger partial charge < -0.3 is 14.8 Å². The van der Waals surface area contributed by atoms with Crippen molar-refractivity contribution in [3.8, 4) is 11.5 Å². The lowest BCUT2D eigenvalue weighted by molar-refractivity contribution is 0.0514. The Morgan fingerprint density at radius 3 is 2.31 bits per heavy atom. The van der Waals surface area contributed by atoms with Gasteiger partial charge in [0.05, 0.1) is 13.2 Å². The molecule has 4 rings (SSSR count). The van der Waals surface area contributed by atoms with E-state index in [2.05, 4.69) is 20.5 Å². The van der Waals surface area contributed by atoms with E-state index in [0.29, 0.717) is 16.5 Å². The number of halogens is 3. The Kier molecular flexibility index (Phi) is 7.50. The molecule has 2 heterocycles. The van der Waals surface area contributed by atoms with Crippen molar-refractivity contribution in [2.24, 2.45) is 0 Å². The van der Waals surface area contributed by atoms with E-state index in [9.17, 15) is 18.4 Å². The average Bonchev–Trinajstić information content (AvgIpc) is 2.83. The fraction of sp³-hybridized carbons (Fsp3) is 0.125. The zero-order valence-electron chi connectivity index (χ0n) is 18.7. The minimum Gasteiger partial charge on any atom is -0.461 e. The van der Waals surface area contributed by atoms with Gasteiger partial charge in [-0.05, 0) is 48.9 Å². The molecule has 0 aliphatic rings. The van der Waals surface area contributed by atoms with Crippen molar-refractivity contribution in [2.75, 3.05) is 11.9 Å². The van der Waals surface area contributed by atoms with Crippen LogP contribution in [-0.4, -0.2) is 32.3 Å². The minimum atomic E-state index is -1.01. The van der Waals surface area contributed by atoms with E-state index in [1.54, 1.807) is 55.5 Å². The molecule has 0 aliphatic carbocycles. The highest BCUT2D eigenvalue weighted by molar-refractivity contribution is 6.30. The maximum absolute atomic E-state index is 13.3. The molecule has 2 aromatic heterocycles. The maximum Gasteiger partial charge on any atom is 0.364 e. The van der Waals surface area contributed by atoms with E-state index in [1.165, 1.54) is 4.57 Å². The van der Waals surface area contributed by atoms with Crippen LogP contribution in [0.25, 0.3) is 0 Å². The van der Waals surface area contributed by atoms with Crippen molar-refractivity contribution >= 4 is 29.2 Å². The molecular formula is C24H18ClF2N5O4. The van der Waals surface area contributed by atoms with Gasteiger partial charge in [0, 0.05) is 22.8 Å². The van der Waals surface area contributed by atoms with Crippen LogP contribution in [-0.2, 0) is 11.3 Å². The van der Waals surface area contributed by atoms with Crippen molar-refractivity contribution in [1.82, 2.24) is 19.7 Å². The number of esters is 1. The van der Waals surface area contributed by atoms with Crippen LogP contribution >= 0.6 is 11.6 Å². The predicted molar refractivity (Wildman–Crippen MR) is 127 cm³/mol. The van der Waals surface area contributed by atoms with Crippen LogP contribution in [0.4, 0.5) is 20.4 Å². The molecule has 0 aliphatic heterocycles. The van der Waals surface area contributed by atoms with Gasteiger partial charge in [-0.2, -0.15) is 13.8 Å². The number of ether oxygens (including phenoxy) is 2. The quantitative estimate of drug-likeness (QED) is 0.266. The average molecular weight is 514 g/mol. The fourth-order valence-electron chi connectivity index (χ4n) is 3.13. The number of nitrogens with one attached hydrogen (secondary N) is 1. The second-order valence-electron chi connectivity index (χ2n) is 7.31. The Balaban J connectivity index is 1.61. The first kappa shape index (κ1) is 24.7. The summed E-state index contributed by atoms with van der Waals surface area (Å²) in [5, 5.41) is 11.3. The van der Waals surface area contributed by atoms with Gasteiger partial charge in [-0.1, -0.05) is 23.7 Å². The molecule has 0 saturated carbocycles. The number of rotatable bonds is 8. The standard InChI is InChI=1S/C24H18ClF2N5O4/c1-2-35-23(34)21-22(33)32(13-14-3-5-15(25)6-4-14)24(31-30-21)28-16-7-9-17(10-8-16)36-18-11-19(26)29-20(27)12-18/h3-12H,2,13H2,1H3,(H,28,31). The van der Waals surface area contributed by atoms with Crippen LogP contribution in [0.3, 0.4) is 0 Å². The third-order valence-corrected chi connectivity index (χ3v) is 5.01. The first-order valence-corrected chi connectivity index (χ1v) is 11.0. The van der Waals surface area contributed by atoms with E-state index in [-0.39, 0.29) is 24.8 Å². The summed E-state index contributed by atoms with van der Waals surface area (Å²) >= 11 is 5.95. The van der Waals surface area contributed by atoms with E-state index in [1.807, 2.05) is 0 Å². The van der Waals surface area contributed by atoms with Crippen molar-refractivity contribution in [2.45, 2.75) is 13.5 Å². The Hall–Kier alpha value is -4.38. The van der Waals surface area contributed by atoms with Crippen LogP contribution in [0.1, 0.15) is 23.0 Å². The molecule has 2 aromatic carbocycles. The topological polar surface area (TPSA) is 108 Å². The molecule has 0 amide bonds. The predicted octanol–water partition coefficient (Wildman–Crippen LogP) is 4.73. The van der Waals surface area contributed by atoms with Gasteiger partial charge in [-0.25, -0.2) is 4.79 Å². The van der Waals surface area contributed by atoms with Crippen molar-refractivity contribution in [3.05, 3.63) is 99.2 Å². The van der Waals surface area contributed by atoms with Crippen molar-refractivity contribution in [1.29, 1.82) is 0 Å². The molecule has 184 valence electrons. The molecule has 0 atom stereocenters. The summed E-state index contributed by atoms with van der Waals surface area (Å²) in [4.78, 5) is 28.3. The number of carbonyl (C=O) groups is 1. The summed E-state index contributed by atoms with van der Waals surface area (Å²) < 4.78 is 38.2. The van der Waals surface area contributed by atoms with E-state index >= 15 is 0 Å². The van der Waals surface area contributed by atoms with Gasteiger partial charge in [0.25, 0.3) is 5.56 Å². The SMILES string of the molecule is CCOC(=O)c1nnc(Nc2ccc(Oc3cc(F)nc(F)c3)cc2)n(Cc2ccc(Cl)cc2)c1=O. The van der Waals surface area contributed by atoms with E-state index in [4.69, 9.17) is 21.1 Å². The zero-order chi connectivity index (χ0) is 25.7. The lowest BCUT2D eigenvalue weighted by Gasteiger charge is -2.14. The lowest BCUT2D eigenvalue weighted by atomic mass is 10.2. The monoisotopic (exact) mass is 513 g/mol. The zero-order valence-corrected chi connectivity index (χ0v) is 19.5. The summed E-state index contributed by atoms with van der Waals surface area (Å²) in [5.41, 5.74) is 0.0873. The molecule has 0 saturated heterocycles. The van der Waals surface area contributed by atoms with E-state index in [0.717, 1.165) is 17.7 Å². The highest BCUT2D eigenvalue weighted by atomic mass is 35.5. The third-order valence-electron chi connectivity index (χ3n) is 4.75. The van der Waals surface area contributed by atoms with Crippen LogP contribution < -0.4 is 15.6 Å². The summed E-state index contributed by atoms with van der Waals surface area (Å²) in [6.45, 7) is 1.76. The highest BCUT2D eigenvalue weighted by Gasteiger charge is 2.20. The summed E-state index contributed by atoms with van der Waals surface area (Å²) in [6.07, 6.45) is 0. The van der Waals surface area contributed by atoms with E-state index < -0.39 is 29.1 Å². The molecule has 36 heavy (non-hydrogen) atoms. The summed E-state index contributed by atoms with van der Waals surface area (Å²) in [5.74, 6) is -2.59. The first-order chi connectivity index (χ1) is 17.3. The molecule has 12 heteroatoms. The first-order valence-electron chi connectivity index (χ1n) is 10.6. The smallest absolute Gasteiger partial charge is 0.364 e. The molecule has 1 N–H and O–H groups in total. The van der Waals surface area contributed by atoms with Gasteiger partial charge in [0.2, 0.25) is 23.5 Å². The Labute approximate surface area is 208 Å². The Morgan fingerprint density at radius 1 is 1.00 bits per heavy atom. The summed E-state index contributed by atoms with van der Waals surface area (Å²) in [6, 6.07) is 15.0. The lowest BCUT2D eigenvalue weighted by Crippen LogP contribution is -2.32. The minimum absolute atomic E-state index is 0.0575. The van der Waals surface area contributed by atoms with Gasteiger partial charge in [-0.15, -0.1) is 10.2 Å². The Morgan fingerprint density at radius 2 is 1.67 bits per heavy atom. The van der Waals surface area contributed by atoms with Crippen LogP contribution in [0, 0.1) is 11.9 Å². The maximum atomic E-state index is 13.3. The summed E-state index contributed by atoms with van der Waals surface area (Å²) in [7, 11) is 0. The third kappa shape index (κ3) is 5.99. The van der Waals surface area contributed by atoms with Crippen molar-refractivity contribution < 1.29 is 23.0 Å². The second kappa shape index (κ2) is 10.9. The number of pyridine rings is 1. The second-order valence-corrected chi connectivity index (χ2v) is 7.75. The number of anilines is 2. The van der Waals surface area contributed by atoms with Crippen LogP contribution in [0.5, 0.6) is 11.5 Å². The van der Waals surface area contributed by atoms with Gasteiger partial charge >= 0.3 is 5.97 Å². The normalized spacial score (nSPS) is 10.7.